The predicted octanol–water partition coefficient (Wildman–Crippen LogP) is 1.44. The maximum Gasteiger partial charge on any atom is 0.241 e. The van der Waals surface area contributed by atoms with Crippen LogP contribution in [0.4, 0.5) is 10.3 Å². The Hall–Kier alpha value is -1.56. The third kappa shape index (κ3) is 4.22. The first-order valence-electron chi connectivity index (χ1n) is 8.87. The number of aromatic nitrogens is 4. The summed E-state index contributed by atoms with van der Waals surface area (Å²) in [6.45, 7) is 5.14. The number of hydrogen-bond acceptors (Lipinski definition) is 7. The smallest absolute Gasteiger partial charge is 0.241 e. The minimum Gasteiger partial charge on any atom is -0.390 e. The molecular formula is C16H24ClFN6O3S. The molecule has 0 bridgehead atoms. The van der Waals surface area contributed by atoms with Crippen molar-refractivity contribution < 1.29 is 17.9 Å². The predicted molar refractivity (Wildman–Crippen MR) is 104 cm³/mol. The van der Waals surface area contributed by atoms with Crippen LogP contribution >= 0.6 is 11.6 Å². The molecule has 2 aromatic rings. The van der Waals surface area contributed by atoms with E-state index < -0.39 is 27.8 Å². The number of nitrogens with zero attached hydrogens (tertiary/aromatic N) is 5. The summed E-state index contributed by atoms with van der Waals surface area (Å²) in [7, 11) is -3.43. The van der Waals surface area contributed by atoms with Gasteiger partial charge >= 0.3 is 0 Å². The lowest BCUT2D eigenvalue weighted by Gasteiger charge is -2.33. The molecule has 1 saturated heterocycles. The van der Waals surface area contributed by atoms with Gasteiger partial charge in [-0.1, -0.05) is 18.5 Å². The Labute approximate surface area is 168 Å². The summed E-state index contributed by atoms with van der Waals surface area (Å²) >= 11 is 6.16. The van der Waals surface area contributed by atoms with Crippen LogP contribution in [-0.4, -0.2) is 74.6 Å². The number of nitrogens with one attached hydrogen (secondary N) is 1. The second-order valence-corrected chi connectivity index (χ2v) is 10.0. The van der Waals surface area contributed by atoms with Crippen LogP contribution in [0, 0.1) is 0 Å². The number of fused-ring (bicyclic) bond motifs is 1. The van der Waals surface area contributed by atoms with E-state index in [1.807, 2.05) is 0 Å². The fourth-order valence-electron chi connectivity index (χ4n) is 3.04. The van der Waals surface area contributed by atoms with Crippen molar-refractivity contribution in [3.05, 3.63) is 17.2 Å². The Balaban J connectivity index is 1.85. The van der Waals surface area contributed by atoms with E-state index >= 15 is 0 Å². The van der Waals surface area contributed by atoms with Gasteiger partial charge in [-0.15, -0.1) is 5.10 Å². The summed E-state index contributed by atoms with van der Waals surface area (Å²) in [5, 5.41) is 17.8. The first kappa shape index (κ1) is 21.2. The van der Waals surface area contributed by atoms with E-state index in [9.17, 15) is 17.9 Å². The summed E-state index contributed by atoms with van der Waals surface area (Å²) in [5.74, 6) is 0.259. The van der Waals surface area contributed by atoms with Crippen LogP contribution in [0.3, 0.4) is 0 Å². The van der Waals surface area contributed by atoms with Crippen LogP contribution in [0.1, 0.15) is 38.9 Å². The first-order valence-corrected chi connectivity index (χ1v) is 11.1. The van der Waals surface area contributed by atoms with E-state index in [0.29, 0.717) is 11.3 Å². The number of hydrogen-bond donors (Lipinski definition) is 2. The minimum absolute atomic E-state index is 0.172. The van der Waals surface area contributed by atoms with E-state index in [1.54, 1.807) is 20.8 Å². The molecule has 3 heterocycles. The highest BCUT2D eigenvalue weighted by Crippen LogP contribution is 2.30. The molecule has 0 aromatic carbocycles. The monoisotopic (exact) mass is 434 g/mol. The third-order valence-corrected chi connectivity index (χ3v) is 6.66. The number of piperidine rings is 1. The SMILES string of the molecule is C[C@@H](c1nc(Cl)c2cnc(N[C@H]3CCN(S(C)(=O)=O)C[C@H]3F)nn12)C(C)(C)O. The molecule has 156 valence electrons. The lowest BCUT2D eigenvalue weighted by molar-refractivity contribution is 0.0525. The second-order valence-electron chi connectivity index (χ2n) is 7.69. The minimum atomic E-state index is -3.43. The molecule has 0 saturated carbocycles. The van der Waals surface area contributed by atoms with Crippen molar-refractivity contribution in [1.29, 1.82) is 0 Å². The number of alkyl halides is 1. The zero-order valence-electron chi connectivity index (χ0n) is 16.1. The fraction of sp³-hybridized carbons (Fsp3) is 0.688. The maximum atomic E-state index is 14.5. The lowest BCUT2D eigenvalue weighted by Crippen LogP contribution is -2.49. The highest BCUT2D eigenvalue weighted by molar-refractivity contribution is 7.88. The number of halogens is 2. The average molecular weight is 435 g/mol. The van der Waals surface area contributed by atoms with Crippen LogP contribution in [-0.2, 0) is 10.0 Å². The average Bonchev–Trinajstić information content (AvgIpc) is 2.90. The van der Waals surface area contributed by atoms with E-state index in [2.05, 4.69) is 20.4 Å². The largest absolute Gasteiger partial charge is 0.390 e. The van der Waals surface area contributed by atoms with E-state index in [-0.39, 0.29) is 36.5 Å². The summed E-state index contributed by atoms with van der Waals surface area (Å²) in [6.07, 6.45) is 1.43. The van der Waals surface area contributed by atoms with Crippen LogP contribution in [0.25, 0.3) is 5.52 Å². The zero-order chi connectivity index (χ0) is 20.9. The van der Waals surface area contributed by atoms with Crippen molar-refractivity contribution in [3.8, 4) is 0 Å². The van der Waals surface area contributed by atoms with Crippen molar-refractivity contribution in [2.45, 2.75) is 50.9 Å². The van der Waals surface area contributed by atoms with Gasteiger partial charge in [0.25, 0.3) is 0 Å². The van der Waals surface area contributed by atoms with Gasteiger partial charge in [0.15, 0.2) is 5.15 Å². The molecule has 1 aliphatic heterocycles. The Morgan fingerprint density at radius 2 is 2.14 bits per heavy atom. The van der Waals surface area contributed by atoms with Crippen LogP contribution in [0.5, 0.6) is 0 Å². The molecule has 2 aromatic heterocycles. The Kier molecular flexibility index (Phi) is 5.56. The van der Waals surface area contributed by atoms with Crippen LogP contribution in [0.15, 0.2) is 6.20 Å². The Bertz CT molecular complexity index is 977. The standard InChI is InChI=1S/C16H24ClFN6O3S/c1-9(16(2,3)25)14-21-13(17)12-7-19-15(22-24(12)14)20-11-5-6-23(8-10(11)18)28(4,26)27/h7,9-11,25H,5-6,8H2,1-4H3,(H,20,22)/t9-,10+,11-/m0/s1. The molecule has 1 fully saturated rings. The number of imidazole rings is 1. The van der Waals surface area contributed by atoms with Gasteiger partial charge in [-0.25, -0.2) is 27.3 Å². The lowest BCUT2D eigenvalue weighted by atomic mass is 9.92. The number of sulfonamides is 1. The number of rotatable bonds is 5. The van der Waals surface area contributed by atoms with Gasteiger partial charge < -0.3 is 10.4 Å². The fourth-order valence-corrected chi connectivity index (χ4v) is 4.11. The third-order valence-electron chi connectivity index (χ3n) is 5.11. The molecule has 1 aliphatic rings. The molecule has 0 amide bonds. The normalized spacial score (nSPS) is 23.1. The van der Waals surface area contributed by atoms with Gasteiger partial charge in [-0.2, -0.15) is 4.31 Å². The highest BCUT2D eigenvalue weighted by Gasteiger charge is 2.34. The topological polar surface area (TPSA) is 113 Å². The zero-order valence-corrected chi connectivity index (χ0v) is 17.7. The Morgan fingerprint density at radius 3 is 2.71 bits per heavy atom. The van der Waals surface area contributed by atoms with Gasteiger partial charge in [-0.3, -0.25) is 0 Å². The van der Waals surface area contributed by atoms with Crippen molar-refractivity contribution >= 4 is 33.1 Å². The summed E-state index contributed by atoms with van der Waals surface area (Å²) in [4.78, 5) is 8.46. The van der Waals surface area contributed by atoms with Crippen molar-refractivity contribution in [1.82, 2.24) is 23.9 Å². The molecular weight excluding hydrogens is 411 g/mol. The Morgan fingerprint density at radius 1 is 1.46 bits per heavy atom. The van der Waals surface area contributed by atoms with Gasteiger partial charge in [0.1, 0.15) is 17.5 Å². The molecule has 28 heavy (non-hydrogen) atoms. The van der Waals surface area contributed by atoms with E-state index in [1.165, 1.54) is 10.7 Å². The maximum absolute atomic E-state index is 14.5. The van der Waals surface area contributed by atoms with Gasteiger partial charge in [-0.05, 0) is 20.3 Å². The molecule has 3 rings (SSSR count). The molecule has 0 unspecified atom stereocenters. The molecule has 9 nitrogen and oxygen atoms in total. The van der Waals surface area contributed by atoms with Crippen molar-refractivity contribution in [3.63, 3.8) is 0 Å². The molecule has 12 heteroatoms. The van der Waals surface area contributed by atoms with E-state index in [4.69, 9.17) is 11.6 Å². The summed E-state index contributed by atoms with van der Waals surface area (Å²) < 4.78 is 40.3. The van der Waals surface area contributed by atoms with Gasteiger partial charge in [0, 0.05) is 19.0 Å². The second kappa shape index (κ2) is 7.36. The summed E-state index contributed by atoms with van der Waals surface area (Å²) in [5.41, 5.74) is -0.576. The quantitative estimate of drug-likeness (QED) is 0.731. The highest BCUT2D eigenvalue weighted by atomic mass is 35.5. The van der Waals surface area contributed by atoms with Crippen LogP contribution < -0.4 is 5.32 Å². The molecule has 0 spiro atoms. The van der Waals surface area contributed by atoms with Crippen LogP contribution in [0.2, 0.25) is 5.15 Å². The van der Waals surface area contributed by atoms with Crippen molar-refractivity contribution in [2.75, 3.05) is 24.7 Å². The molecule has 2 N–H and O–H groups in total. The van der Waals surface area contributed by atoms with Gasteiger partial charge in [0.05, 0.1) is 24.1 Å². The van der Waals surface area contributed by atoms with E-state index in [0.717, 1.165) is 10.6 Å². The number of anilines is 1. The van der Waals surface area contributed by atoms with Gasteiger partial charge in [0.2, 0.25) is 16.0 Å². The van der Waals surface area contributed by atoms with Crippen molar-refractivity contribution in [2.24, 2.45) is 0 Å². The molecule has 0 aliphatic carbocycles. The number of aliphatic hydroxyl groups is 1. The molecule has 0 radical (unpaired) electrons. The first-order chi connectivity index (χ1) is 12.9. The molecule has 3 atom stereocenters. The summed E-state index contributed by atoms with van der Waals surface area (Å²) in [6, 6.07) is -0.621.